The molecule has 1 aliphatic carbocycles. The largest absolute Gasteiger partial charge is 0.320 e. The molecule has 0 aromatic heterocycles. The van der Waals surface area contributed by atoms with Crippen molar-refractivity contribution in [3.8, 4) is 0 Å². The van der Waals surface area contributed by atoms with E-state index in [-0.39, 0.29) is 6.04 Å². The van der Waals surface area contributed by atoms with Crippen molar-refractivity contribution in [2.75, 3.05) is 0 Å². The highest BCUT2D eigenvalue weighted by Crippen LogP contribution is 2.46. The van der Waals surface area contributed by atoms with Crippen molar-refractivity contribution in [1.29, 1.82) is 0 Å². The van der Waals surface area contributed by atoms with Gasteiger partial charge < -0.3 is 5.73 Å². The third-order valence-electron chi connectivity index (χ3n) is 5.32. The highest BCUT2D eigenvalue weighted by atomic mass is 14.7. The quantitative estimate of drug-likeness (QED) is 0.367. The zero-order chi connectivity index (χ0) is 21.0. The van der Waals surface area contributed by atoms with Crippen molar-refractivity contribution in [1.82, 2.24) is 0 Å². The molecule has 0 radical (unpaired) electrons. The lowest BCUT2D eigenvalue weighted by atomic mass is 9.95. The number of allylic oxidation sites excluding steroid dienone is 6. The monoisotopic (exact) mass is 379 g/mol. The Kier molecular flexibility index (Phi) is 6.31. The van der Waals surface area contributed by atoms with Gasteiger partial charge in [0.15, 0.2) is 0 Å². The summed E-state index contributed by atoms with van der Waals surface area (Å²) in [5, 5.41) is 4.96. The molecule has 29 heavy (non-hydrogen) atoms. The average Bonchev–Trinajstić information content (AvgIpc) is 3.02. The van der Waals surface area contributed by atoms with E-state index in [0.29, 0.717) is 0 Å². The van der Waals surface area contributed by atoms with Gasteiger partial charge in [0.25, 0.3) is 0 Å². The molecule has 3 aromatic carbocycles. The van der Waals surface area contributed by atoms with Crippen molar-refractivity contribution < 1.29 is 0 Å². The van der Waals surface area contributed by atoms with Gasteiger partial charge in [-0.05, 0) is 80.6 Å². The Morgan fingerprint density at radius 1 is 0.897 bits per heavy atom. The average molecular weight is 380 g/mol. The molecule has 2 N–H and O–H groups in total. The van der Waals surface area contributed by atoms with E-state index in [2.05, 4.69) is 74.7 Å². The molecule has 0 saturated carbocycles. The molecule has 0 aliphatic heterocycles. The lowest BCUT2D eigenvalue weighted by Gasteiger charge is -2.08. The van der Waals surface area contributed by atoms with Gasteiger partial charge in [-0.25, -0.2) is 0 Å². The zero-order valence-corrected chi connectivity index (χ0v) is 17.6. The predicted octanol–water partition coefficient (Wildman–Crippen LogP) is 7.66. The predicted molar refractivity (Wildman–Crippen MR) is 130 cm³/mol. The Balaban J connectivity index is 0.00000117. The Bertz CT molecular complexity index is 1170. The van der Waals surface area contributed by atoms with Gasteiger partial charge in [-0.3, -0.25) is 0 Å². The van der Waals surface area contributed by atoms with E-state index in [1.54, 1.807) is 6.08 Å². The first-order valence-corrected chi connectivity index (χ1v) is 10.2. The molecular weight excluding hydrogens is 350 g/mol. The molecule has 0 fully saturated rings. The molecule has 0 saturated heterocycles. The summed E-state index contributed by atoms with van der Waals surface area (Å²) >= 11 is 0. The van der Waals surface area contributed by atoms with Crippen LogP contribution in [0.2, 0.25) is 0 Å². The molecule has 1 heteroatoms. The highest BCUT2D eigenvalue weighted by molar-refractivity contribution is 6.02. The number of fused-ring (bicyclic) bond motifs is 3. The van der Waals surface area contributed by atoms with Crippen LogP contribution in [0.5, 0.6) is 0 Å². The minimum Gasteiger partial charge on any atom is -0.320 e. The van der Waals surface area contributed by atoms with Crippen LogP contribution in [0.3, 0.4) is 0 Å². The van der Waals surface area contributed by atoms with E-state index < -0.39 is 0 Å². The fourth-order valence-electron chi connectivity index (χ4n) is 3.93. The fourth-order valence-corrected chi connectivity index (χ4v) is 3.93. The Morgan fingerprint density at radius 2 is 1.52 bits per heavy atom. The second kappa shape index (κ2) is 8.89. The summed E-state index contributed by atoms with van der Waals surface area (Å²) in [7, 11) is 0. The number of hydrogen-bond acceptors (Lipinski definition) is 1. The van der Waals surface area contributed by atoms with Crippen LogP contribution in [-0.2, 0) is 0 Å². The van der Waals surface area contributed by atoms with Gasteiger partial charge in [-0.15, -0.1) is 0 Å². The molecule has 0 amide bonds. The maximum absolute atomic E-state index is 6.66. The molecule has 4 rings (SSSR count). The molecule has 0 heterocycles. The summed E-state index contributed by atoms with van der Waals surface area (Å²) in [6, 6.07) is 17.4. The van der Waals surface area contributed by atoms with Gasteiger partial charge in [-0.2, -0.15) is 0 Å². The molecule has 1 unspecified atom stereocenters. The minimum atomic E-state index is -0.143. The van der Waals surface area contributed by atoms with Crippen molar-refractivity contribution in [3.63, 3.8) is 0 Å². The smallest absolute Gasteiger partial charge is 0.0564 e. The first-order chi connectivity index (χ1) is 14.1. The van der Waals surface area contributed by atoms with Crippen LogP contribution >= 0.6 is 0 Å². The summed E-state index contributed by atoms with van der Waals surface area (Å²) in [6.45, 7) is 13.8. The summed E-state index contributed by atoms with van der Waals surface area (Å²) in [4.78, 5) is 0. The van der Waals surface area contributed by atoms with Crippen LogP contribution in [0.25, 0.3) is 27.1 Å². The minimum absolute atomic E-state index is 0.143. The van der Waals surface area contributed by atoms with Gasteiger partial charge >= 0.3 is 0 Å². The number of benzene rings is 3. The lowest BCUT2D eigenvalue weighted by Crippen LogP contribution is -2.08. The molecule has 1 nitrogen and oxygen atoms in total. The van der Waals surface area contributed by atoms with Gasteiger partial charge in [0.1, 0.15) is 0 Å². The van der Waals surface area contributed by atoms with Gasteiger partial charge in [0, 0.05) is 0 Å². The zero-order valence-electron chi connectivity index (χ0n) is 17.6. The van der Waals surface area contributed by atoms with Crippen LogP contribution < -0.4 is 5.73 Å². The maximum atomic E-state index is 6.66. The Morgan fingerprint density at radius 3 is 2.10 bits per heavy atom. The topological polar surface area (TPSA) is 26.0 Å². The second-order valence-corrected chi connectivity index (χ2v) is 6.97. The van der Waals surface area contributed by atoms with E-state index in [9.17, 15) is 0 Å². The van der Waals surface area contributed by atoms with Crippen LogP contribution in [0, 0.1) is 0 Å². The normalized spacial score (nSPS) is 18.6. The maximum Gasteiger partial charge on any atom is 0.0564 e. The molecule has 1 aliphatic rings. The van der Waals surface area contributed by atoms with Gasteiger partial charge in [0.05, 0.1) is 6.04 Å². The van der Waals surface area contributed by atoms with Crippen molar-refractivity contribution in [2.45, 2.75) is 26.8 Å². The van der Waals surface area contributed by atoms with E-state index in [4.69, 9.17) is 5.73 Å². The molecule has 0 bridgehead atoms. The van der Waals surface area contributed by atoms with Crippen LogP contribution in [0.1, 0.15) is 37.9 Å². The molecule has 0 spiro atoms. The third-order valence-corrected chi connectivity index (χ3v) is 5.32. The summed E-state index contributed by atoms with van der Waals surface area (Å²) in [5.74, 6) is 0. The molecular formula is C28H29N. The fraction of sp³-hybridized carbons (Fsp3) is 0.143. The molecule has 1 atom stereocenters. The lowest BCUT2D eigenvalue weighted by molar-refractivity contribution is 0.903. The first kappa shape index (κ1) is 20.6. The standard InChI is InChI=1S/C26H23N.C2H6/c1-4-6-7-12-22-25(17(3)5-2)23-15-20-13-18-10-8-9-11-19(18)14-21(20)16-24(23)26(22)27;1-2/h4-16,26H,1-2,27H2,3H3;1-2H3/b7-6+,22-12+,25-17-;. The molecule has 3 aromatic rings. The van der Waals surface area contributed by atoms with Crippen LogP contribution in [0.15, 0.2) is 103 Å². The van der Waals surface area contributed by atoms with Crippen molar-refractivity contribution >= 4 is 27.1 Å². The van der Waals surface area contributed by atoms with Gasteiger partial charge in [0.2, 0.25) is 0 Å². The second-order valence-electron chi connectivity index (χ2n) is 6.97. The Labute approximate surface area is 174 Å². The first-order valence-electron chi connectivity index (χ1n) is 10.2. The summed E-state index contributed by atoms with van der Waals surface area (Å²) in [5.41, 5.74) is 12.5. The third kappa shape index (κ3) is 3.74. The number of hydrogen-bond donors (Lipinski definition) is 1. The summed E-state index contributed by atoms with van der Waals surface area (Å²) in [6.07, 6.45) is 9.70. The number of rotatable bonds is 3. The van der Waals surface area contributed by atoms with E-state index in [1.165, 1.54) is 38.2 Å². The van der Waals surface area contributed by atoms with E-state index in [1.807, 2.05) is 32.1 Å². The summed E-state index contributed by atoms with van der Waals surface area (Å²) < 4.78 is 0. The Hall–Kier alpha value is -3.16. The highest BCUT2D eigenvalue weighted by Gasteiger charge is 2.30. The number of nitrogens with two attached hydrogens (primary N) is 1. The van der Waals surface area contributed by atoms with Crippen molar-refractivity contribution in [3.05, 3.63) is 114 Å². The van der Waals surface area contributed by atoms with Crippen LogP contribution in [-0.4, -0.2) is 0 Å². The SMILES string of the molecule is C=C/C=C/C=C1\C(=C(/C)C=C)c2cc3cc4ccccc4cc3cc2C1N.CC. The van der Waals surface area contributed by atoms with E-state index in [0.717, 1.165) is 11.1 Å². The van der Waals surface area contributed by atoms with Crippen molar-refractivity contribution in [2.24, 2.45) is 5.73 Å². The molecule has 146 valence electrons. The van der Waals surface area contributed by atoms with E-state index >= 15 is 0 Å². The van der Waals surface area contributed by atoms with Gasteiger partial charge in [-0.1, -0.05) is 81.7 Å². The van der Waals surface area contributed by atoms with Crippen LogP contribution in [0.4, 0.5) is 0 Å².